The van der Waals surface area contributed by atoms with Gasteiger partial charge in [0.05, 0.1) is 17.7 Å². The highest BCUT2D eigenvalue weighted by molar-refractivity contribution is 5.78. The number of oxazole rings is 1. The summed E-state index contributed by atoms with van der Waals surface area (Å²) in [5.41, 5.74) is 0.772. The number of nitrogens with zero attached hydrogens (tertiary/aromatic N) is 1. The van der Waals surface area contributed by atoms with Crippen LogP contribution in [-0.2, 0) is 11.2 Å². The second kappa shape index (κ2) is 5.69. The number of hydrogen-bond acceptors (Lipinski definition) is 4. The van der Waals surface area contributed by atoms with Gasteiger partial charge in [0.15, 0.2) is 0 Å². The molecule has 0 radical (unpaired) electrons. The molecule has 1 fully saturated rings. The standard InChI is InChI=1S/C16H18N2O3/c19-14(17-11-16(20)7-4-8-16)9-13-10-21-15(18-13)12-5-2-1-3-6-12/h1-3,5-6,10,20H,4,7-9,11H2,(H,17,19). The van der Waals surface area contributed by atoms with Gasteiger partial charge in [0.1, 0.15) is 6.26 Å². The van der Waals surface area contributed by atoms with Gasteiger partial charge in [-0.15, -0.1) is 0 Å². The molecular weight excluding hydrogens is 268 g/mol. The Hall–Kier alpha value is -2.14. The highest BCUT2D eigenvalue weighted by atomic mass is 16.3. The second-order valence-electron chi connectivity index (χ2n) is 5.54. The molecule has 0 bridgehead atoms. The normalized spacial score (nSPS) is 16.2. The minimum absolute atomic E-state index is 0.150. The SMILES string of the molecule is O=C(Cc1coc(-c2ccccc2)n1)NCC1(O)CCC1. The molecule has 0 aliphatic heterocycles. The van der Waals surface area contributed by atoms with Crippen LogP contribution in [0.4, 0.5) is 0 Å². The van der Waals surface area contributed by atoms with Gasteiger partial charge in [0.25, 0.3) is 0 Å². The quantitative estimate of drug-likeness (QED) is 0.880. The largest absolute Gasteiger partial charge is 0.444 e. The molecule has 1 aromatic carbocycles. The van der Waals surface area contributed by atoms with Crippen molar-refractivity contribution in [3.05, 3.63) is 42.3 Å². The third-order valence-electron chi connectivity index (χ3n) is 3.81. The number of carbonyl (C=O) groups excluding carboxylic acids is 1. The molecule has 1 aliphatic carbocycles. The first-order valence-electron chi connectivity index (χ1n) is 7.14. The first kappa shape index (κ1) is 13.8. The number of hydrogen-bond donors (Lipinski definition) is 2. The smallest absolute Gasteiger partial charge is 0.226 e. The molecule has 21 heavy (non-hydrogen) atoms. The number of rotatable bonds is 5. The Balaban J connectivity index is 1.56. The second-order valence-corrected chi connectivity index (χ2v) is 5.54. The van der Waals surface area contributed by atoms with E-state index in [1.165, 1.54) is 6.26 Å². The van der Waals surface area contributed by atoms with Gasteiger partial charge in [-0.25, -0.2) is 4.98 Å². The molecule has 0 unspecified atom stereocenters. The minimum atomic E-state index is -0.700. The summed E-state index contributed by atoms with van der Waals surface area (Å²) in [5, 5.41) is 12.7. The number of aliphatic hydroxyl groups is 1. The van der Waals surface area contributed by atoms with E-state index < -0.39 is 5.60 Å². The number of aromatic nitrogens is 1. The fraction of sp³-hybridized carbons (Fsp3) is 0.375. The molecule has 0 atom stereocenters. The van der Waals surface area contributed by atoms with E-state index in [0.29, 0.717) is 18.1 Å². The van der Waals surface area contributed by atoms with Gasteiger partial charge in [-0.05, 0) is 31.4 Å². The zero-order chi connectivity index (χ0) is 14.7. The minimum Gasteiger partial charge on any atom is -0.444 e. The Labute approximate surface area is 123 Å². The molecule has 2 aromatic rings. The predicted octanol–water partition coefficient (Wildman–Crippen LogP) is 1.92. The van der Waals surface area contributed by atoms with Crippen molar-refractivity contribution in [2.24, 2.45) is 0 Å². The molecule has 1 heterocycles. The van der Waals surface area contributed by atoms with Gasteiger partial charge in [-0.1, -0.05) is 18.2 Å². The molecule has 110 valence electrons. The summed E-state index contributed by atoms with van der Waals surface area (Å²) >= 11 is 0. The van der Waals surface area contributed by atoms with Crippen LogP contribution < -0.4 is 5.32 Å². The van der Waals surface area contributed by atoms with Crippen LogP contribution >= 0.6 is 0 Å². The average molecular weight is 286 g/mol. The maximum absolute atomic E-state index is 11.8. The zero-order valence-corrected chi connectivity index (χ0v) is 11.7. The van der Waals surface area contributed by atoms with Crippen molar-refractivity contribution in [2.75, 3.05) is 6.54 Å². The summed E-state index contributed by atoms with van der Waals surface area (Å²) in [5.74, 6) is 0.360. The highest BCUT2D eigenvalue weighted by Gasteiger charge is 2.34. The molecule has 5 heteroatoms. The van der Waals surface area contributed by atoms with E-state index in [-0.39, 0.29) is 12.3 Å². The van der Waals surface area contributed by atoms with Gasteiger partial charge in [0.2, 0.25) is 11.8 Å². The van der Waals surface area contributed by atoms with Crippen molar-refractivity contribution in [3.8, 4) is 11.5 Å². The van der Waals surface area contributed by atoms with Crippen LogP contribution in [0.1, 0.15) is 25.0 Å². The van der Waals surface area contributed by atoms with E-state index in [1.807, 2.05) is 30.3 Å². The first-order valence-corrected chi connectivity index (χ1v) is 7.14. The molecule has 0 saturated heterocycles. The van der Waals surface area contributed by atoms with Crippen molar-refractivity contribution in [2.45, 2.75) is 31.3 Å². The molecule has 5 nitrogen and oxygen atoms in total. The zero-order valence-electron chi connectivity index (χ0n) is 11.7. The third-order valence-corrected chi connectivity index (χ3v) is 3.81. The van der Waals surface area contributed by atoms with Gasteiger partial charge in [-0.2, -0.15) is 0 Å². The Morgan fingerprint density at radius 2 is 2.10 bits per heavy atom. The van der Waals surface area contributed by atoms with Gasteiger partial charge >= 0.3 is 0 Å². The van der Waals surface area contributed by atoms with E-state index in [1.54, 1.807) is 0 Å². The molecule has 2 N–H and O–H groups in total. The Kier molecular flexibility index (Phi) is 3.75. The maximum atomic E-state index is 11.8. The third kappa shape index (κ3) is 3.31. The molecule has 1 aliphatic rings. The fourth-order valence-corrected chi connectivity index (χ4v) is 2.35. The lowest BCUT2D eigenvalue weighted by molar-refractivity contribution is -0.122. The van der Waals surface area contributed by atoms with Gasteiger partial charge < -0.3 is 14.8 Å². The fourth-order valence-electron chi connectivity index (χ4n) is 2.35. The van der Waals surface area contributed by atoms with E-state index >= 15 is 0 Å². The van der Waals surface area contributed by atoms with Crippen molar-refractivity contribution < 1.29 is 14.3 Å². The Morgan fingerprint density at radius 3 is 2.76 bits per heavy atom. The summed E-state index contributed by atoms with van der Waals surface area (Å²) in [4.78, 5) is 16.2. The number of carbonyl (C=O) groups is 1. The van der Waals surface area contributed by atoms with Gasteiger partial charge in [0, 0.05) is 12.1 Å². The van der Waals surface area contributed by atoms with Crippen molar-refractivity contribution in [1.29, 1.82) is 0 Å². The van der Waals surface area contributed by atoms with E-state index in [9.17, 15) is 9.90 Å². The average Bonchev–Trinajstić information content (AvgIpc) is 2.92. The van der Waals surface area contributed by atoms with Crippen LogP contribution in [0.5, 0.6) is 0 Å². The van der Waals surface area contributed by atoms with E-state index in [4.69, 9.17) is 4.42 Å². The van der Waals surface area contributed by atoms with Crippen LogP contribution in [0.3, 0.4) is 0 Å². The van der Waals surface area contributed by atoms with Crippen LogP contribution in [0.15, 0.2) is 41.0 Å². The Bertz CT molecular complexity index is 617. The van der Waals surface area contributed by atoms with Crippen LogP contribution in [0.2, 0.25) is 0 Å². The molecule has 3 rings (SSSR count). The summed E-state index contributed by atoms with van der Waals surface area (Å²) < 4.78 is 5.39. The first-order chi connectivity index (χ1) is 10.1. The topological polar surface area (TPSA) is 75.4 Å². The molecule has 1 amide bonds. The molecular formula is C16H18N2O3. The Morgan fingerprint density at radius 1 is 1.33 bits per heavy atom. The number of amides is 1. The predicted molar refractivity (Wildman–Crippen MR) is 77.5 cm³/mol. The molecule has 1 saturated carbocycles. The summed E-state index contributed by atoms with van der Waals surface area (Å²) in [6.07, 6.45) is 4.20. The van der Waals surface area contributed by atoms with Crippen molar-refractivity contribution in [3.63, 3.8) is 0 Å². The lowest BCUT2D eigenvalue weighted by Crippen LogP contribution is -2.48. The number of benzene rings is 1. The van der Waals surface area contributed by atoms with Crippen molar-refractivity contribution >= 4 is 5.91 Å². The lowest BCUT2D eigenvalue weighted by atomic mass is 9.80. The molecule has 1 aromatic heterocycles. The monoisotopic (exact) mass is 286 g/mol. The number of nitrogens with one attached hydrogen (secondary N) is 1. The lowest BCUT2D eigenvalue weighted by Gasteiger charge is -2.36. The van der Waals surface area contributed by atoms with Crippen LogP contribution in [0.25, 0.3) is 11.5 Å². The summed E-state index contributed by atoms with van der Waals surface area (Å²) in [7, 11) is 0. The van der Waals surface area contributed by atoms with Crippen LogP contribution in [0, 0.1) is 0 Å². The van der Waals surface area contributed by atoms with E-state index in [0.717, 1.165) is 24.8 Å². The van der Waals surface area contributed by atoms with Gasteiger partial charge in [-0.3, -0.25) is 4.79 Å². The highest BCUT2D eigenvalue weighted by Crippen LogP contribution is 2.30. The van der Waals surface area contributed by atoms with Crippen LogP contribution in [-0.4, -0.2) is 28.1 Å². The summed E-state index contributed by atoms with van der Waals surface area (Å²) in [6, 6.07) is 9.55. The maximum Gasteiger partial charge on any atom is 0.226 e. The van der Waals surface area contributed by atoms with E-state index in [2.05, 4.69) is 10.3 Å². The van der Waals surface area contributed by atoms with Crippen molar-refractivity contribution in [1.82, 2.24) is 10.3 Å². The molecule has 0 spiro atoms. The summed E-state index contributed by atoms with van der Waals surface area (Å²) in [6.45, 7) is 0.315.